The smallest absolute Gasteiger partial charge is 0.306 e. The summed E-state index contributed by atoms with van der Waals surface area (Å²) in [5, 5.41) is 0. The zero-order valence-electron chi connectivity index (χ0n) is 8.01. The number of aromatic nitrogens is 2. The maximum Gasteiger partial charge on any atom is 0.323 e. The van der Waals surface area contributed by atoms with E-state index < -0.39 is 0 Å². The molecule has 0 radical (unpaired) electrons. The normalized spacial score (nSPS) is 12.0. The SMILES string of the molecule is [2H]n1c(=O)[nH]c2c(C)c(C)ccc21. The maximum absolute atomic E-state index is 11.1. The molecule has 0 atom stereocenters. The van der Waals surface area contributed by atoms with Gasteiger partial charge in [-0.15, -0.1) is 0 Å². The molecule has 0 aliphatic carbocycles. The minimum absolute atomic E-state index is 0.385. The second-order valence-corrected chi connectivity index (χ2v) is 2.94. The fourth-order valence-electron chi connectivity index (χ4n) is 1.30. The number of aryl methyl sites for hydroxylation is 2. The molecule has 0 unspecified atom stereocenters. The Morgan fingerprint density at radius 2 is 2.17 bits per heavy atom. The molecule has 0 saturated heterocycles. The van der Waals surface area contributed by atoms with Crippen molar-refractivity contribution in [2.75, 3.05) is 0 Å². The second-order valence-electron chi connectivity index (χ2n) is 2.94. The molecule has 1 aromatic heterocycles. The molecule has 3 nitrogen and oxygen atoms in total. The number of aromatic amines is 2. The van der Waals surface area contributed by atoms with Crippen LogP contribution in [0.5, 0.6) is 0 Å². The van der Waals surface area contributed by atoms with E-state index in [1.54, 1.807) is 6.07 Å². The summed E-state index contributed by atoms with van der Waals surface area (Å²) in [6.45, 7) is 3.92. The van der Waals surface area contributed by atoms with E-state index in [1.165, 1.54) is 0 Å². The highest BCUT2D eigenvalue weighted by molar-refractivity contribution is 5.79. The van der Waals surface area contributed by atoms with Crippen molar-refractivity contribution in [1.29, 1.82) is 0 Å². The highest BCUT2D eigenvalue weighted by atomic mass is 16.1. The number of hydrogen-bond acceptors (Lipinski definition) is 1. The number of nitrogens with one attached hydrogen (secondary N) is 2. The summed E-state index contributed by atoms with van der Waals surface area (Å²) in [5.74, 6) is 0. The number of hydrogen-bond donors (Lipinski definition) is 2. The van der Waals surface area contributed by atoms with E-state index in [4.69, 9.17) is 1.41 Å². The minimum Gasteiger partial charge on any atom is -0.306 e. The van der Waals surface area contributed by atoms with Gasteiger partial charge in [-0.3, -0.25) is 0 Å². The Hall–Kier alpha value is -1.51. The van der Waals surface area contributed by atoms with E-state index in [0.717, 1.165) is 21.6 Å². The highest BCUT2D eigenvalue weighted by Crippen LogP contribution is 2.15. The van der Waals surface area contributed by atoms with Gasteiger partial charge in [-0.1, -0.05) is 6.07 Å². The summed E-state index contributed by atoms with van der Waals surface area (Å²) in [6, 6.07) is 3.69. The molecular formula is C9H10N2O. The van der Waals surface area contributed by atoms with Crippen molar-refractivity contribution in [3.63, 3.8) is 0 Å². The molecule has 0 amide bonds. The van der Waals surface area contributed by atoms with Crippen LogP contribution in [0.1, 0.15) is 11.1 Å². The third-order valence-electron chi connectivity index (χ3n) is 2.17. The van der Waals surface area contributed by atoms with Crippen molar-refractivity contribution in [2.24, 2.45) is 0 Å². The molecule has 12 heavy (non-hydrogen) atoms. The molecular weight excluding hydrogens is 152 g/mol. The van der Waals surface area contributed by atoms with E-state index in [1.807, 2.05) is 19.9 Å². The third-order valence-corrected chi connectivity index (χ3v) is 2.17. The molecule has 0 aliphatic rings. The van der Waals surface area contributed by atoms with Gasteiger partial charge in [-0.2, -0.15) is 0 Å². The predicted octanol–water partition coefficient (Wildman–Crippen LogP) is 1.47. The van der Waals surface area contributed by atoms with Crippen LogP contribution in [0.15, 0.2) is 16.9 Å². The molecule has 0 aliphatic heterocycles. The Labute approximate surface area is 70.9 Å². The summed E-state index contributed by atoms with van der Waals surface area (Å²) >= 11 is 0. The molecule has 1 aromatic carbocycles. The number of benzene rings is 1. The Balaban J connectivity index is 3.03. The molecule has 0 fully saturated rings. The molecule has 1 heterocycles. The van der Waals surface area contributed by atoms with Gasteiger partial charge in [0.15, 0.2) is 1.41 Å². The lowest BCUT2D eigenvalue weighted by Gasteiger charge is -1.98. The minimum atomic E-state index is -0.385. The topological polar surface area (TPSA) is 48.6 Å². The number of fused-ring (bicyclic) bond motifs is 1. The lowest BCUT2D eigenvalue weighted by Crippen LogP contribution is -1.99. The molecule has 2 aromatic rings. The summed E-state index contributed by atoms with van der Waals surface area (Å²) in [4.78, 5) is 14.7. The first-order valence-corrected chi connectivity index (χ1v) is 3.81. The largest absolute Gasteiger partial charge is 0.323 e. The fraction of sp³-hybridized carbons (Fsp3) is 0.222. The van der Waals surface area contributed by atoms with Gasteiger partial charge in [0.05, 0.1) is 11.0 Å². The monoisotopic (exact) mass is 163 g/mol. The fourth-order valence-corrected chi connectivity index (χ4v) is 1.30. The van der Waals surface area contributed by atoms with E-state index in [2.05, 4.69) is 4.98 Å². The first-order chi connectivity index (χ1) is 6.11. The van der Waals surface area contributed by atoms with Gasteiger partial charge in [-0.05, 0) is 31.0 Å². The summed E-state index contributed by atoms with van der Waals surface area (Å²) in [6.07, 6.45) is 0. The first kappa shape index (κ1) is 6.06. The molecule has 0 bridgehead atoms. The molecule has 2 N–H and O–H groups in total. The van der Waals surface area contributed by atoms with E-state index in [0.29, 0.717) is 5.52 Å². The second kappa shape index (κ2) is 2.24. The zero-order chi connectivity index (χ0) is 9.59. The van der Waals surface area contributed by atoms with Crippen LogP contribution >= 0.6 is 0 Å². The highest BCUT2D eigenvalue weighted by Gasteiger charge is 2.01. The number of rotatable bonds is 0. The summed E-state index contributed by atoms with van der Waals surface area (Å²) in [5.41, 5.74) is 3.16. The van der Waals surface area contributed by atoms with Crippen molar-refractivity contribution in [3.8, 4) is 0 Å². The first-order valence-electron chi connectivity index (χ1n) is 4.26. The van der Waals surface area contributed by atoms with Crippen molar-refractivity contribution in [3.05, 3.63) is 33.7 Å². The summed E-state index contributed by atoms with van der Waals surface area (Å²) in [7, 11) is 0. The predicted molar refractivity (Wildman–Crippen MR) is 48.4 cm³/mol. The van der Waals surface area contributed by atoms with Crippen molar-refractivity contribution in [1.82, 2.24) is 9.96 Å². The average molecular weight is 163 g/mol. The van der Waals surface area contributed by atoms with Crippen LogP contribution in [0, 0.1) is 13.8 Å². The van der Waals surface area contributed by atoms with E-state index >= 15 is 0 Å². The van der Waals surface area contributed by atoms with Gasteiger partial charge in [0.1, 0.15) is 0 Å². The Bertz CT molecular complexity index is 524. The number of imidazole rings is 1. The van der Waals surface area contributed by atoms with Gasteiger partial charge in [0.25, 0.3) is 0 Å². The van der Waals surface area contributed by atoms with Gasteiger partial charge in [0, 0.05) is 0 Å². The number of H-pyrrole nitrogens is 2. The van der Waals surface area contributed by atoms with E-state index in [9.17, 15) is 4.79 Å². The van der Waals surface area contributed by atoms with Crippen LogP contribution in [-0.4, -0.2) is 9.96 Å². The van der Waals surface area contributed by atoms with Crippen LogP contribution in [0.25, 0.3) is 11.0 Å². The Morgan fingerprint density at radius 3 is 2.92 bits per heavy atom. The molecule has 62 valence electrons. The van der Waals surface area contributed by atoms with E-state index in [-0.39, 0.29) is 5.69 Å². The molecule has 0 saturated carbocycles. The van der Waals surface area contributed by atoms with Crippen LogP contribution in [0.3, 0.4) is 0 Å². The van der Waals surface area contributed by atoms with Crippen molar-refractivity contribution in [2.45, 2.75) is 13.8 Å². The van der Waals surface area contributed by atoms with Crippen LogP contribution in [0.4, 0.5) is 0 Å². The third kappa shape index (κ3) is 0.863. The molecule has 2 rings (SSSR count). The average Bonchev–Trinajstić information content (AvgIpc) is 2.38. The molecule has 0 spiro atoms. The van der Waals surface area contributed by atoms with Gasteiger partial charge in [-0.25, -0.2) is 4.79 Å². The molecule has 3 heteroatoms. The maximum atomic E-state index is 11.1. The van der Waals surface area contributed by atoms with Crippen molar-refractivity contribution < 1.29 is 1.41 Å². The standard InChI is InChI=1S/C9H10N2O/c1-5-3-4-7-8(6(5)2)11-9(12)10-7/h3-4H,1-2H3,(H2,10,11,12)/i/hD. The summed E-state index contributed by atoms with van der Waals surface area (Å²) < 4.78 is 7.41. The van der Waals surface area contributed by atoms with Gasteiger partial charge >= 0.3 is 5.69 Å². The zero-order valence-corrected chi connectivity index (χ0v) is 7.01. The Kier molecular flexibility index (Phi) is 1.13. The lowest BCUT2D eigenvalue weighted by molar-refractivity contribution is 1.21. The van der Waals surface area contributed by atoms with Gasteiger partial charge < -0.3 is 9.96 Å². The quantitative estimate of drug-likeness (QED) is 0.607. The van der Waals surface area contributed by atoms with Crippen LogP contribution in [-0.2, 0) is 0 Å². The lowest BCUT2D eigenvalue weighted by atomic mass is 10.1. The van der Waals surface area contributed by atoms with Gasteiger partial charge in [0.2, 0.25) is 0 Å². The Morgan fingerprint density at radius 1 is 1.42 bits per heavy atom. The van der Waals surface area contributed by atoms with Crippen LogP contribution in [0.2, 0.25) is 1.41 Å². The van der Waals surface area contributed by atoms with Crippen LogP contribution < -0.4 is 5.69 Å². The van der Waals surface area contributed by atoms with Crippen molar-refractivity contribution >= 4 is 11.0 Å².